The number of rotatable bonds is 6. The van der Waals surface area contributed by atoms with Crippen LogP contribution in [0.1, 0.15) is 27.6 Å². The number of carbonyl (C=O) groups is 1. The fourth-order valence-corrected chi connectivity index (χ4v) is 3.73. The minimum Gasteiger partial charge on any atom is -0.477 e. The van der Waals surface area contributed by atoms with Crippen LogP contribution in [-0.4, -0.2) is 40.8 Å². The lowest BCUT2D eigenvalue weighted by molar-refractivity contribution is 0.0690. The van der Waals surface area contributed by atoms with Gasteiger partial charge in [-0.05, 0) is 26.0 Å². The van der Waals surface area contributed by atoms with E-state index in [0.717, 1.165) is 0 Å². The summed E-state index contributed by atoms with van der Waals surface area (Å²) in [7, 11) is -1.99. The first-order chi connectivity index (χ1) is 10.7. The Bertz CT molecular complexity index is 842. The monoisotopic (exact) mass is 338 g/mol. The second-order valence-electron chi connectivity index (χ2n) is 5.09. The molecule has 0 saturated carbocycles. The van der Waals surface area contributed by atoms with E-state index in [1.54, 1.807) is 33.0 Å². The van der Waals surface area contributed by atoms with Crippen LogP contribution in [0.5, 0.6) is 0 Å². The van der Waals surface area contributed by atoms with Gasteiger partial charge in [0.2, 0.25) is 10.0 Å². The van der Waals surface area contributed by atoms with Crippen molar-refractivity contribution >= 4 is 16.0 Å². The number of nitrogens with zero attached hydrogens (tertiary/aromatic N) is 3. The Balaban J connectivity index is 2.08. The molecule has 2 aromatic rings. The van der Waals surface area contributed by atoms with Crippen molar-refractivity contribution in [3.05, 3.63) is 41.0 Å². The fourth-order valence-electron chi connectivity index (χ4n) is 2.27. The summed E-state index contributed by atoms with van der Waals surface area (Å²) in [4.78, 5) is 15.0. The van der Waals surface area contributed by atoms with Crippen LogP contribution in [0, 0.1) is 13.8 Å². The van der Waals surface area contributed by atoms with Gasteiger partial charge in [0.05, 0.1) is 11.4 Å². The minimum absolute atomic E-state index is 0.0655. The van der Waals surface area contributed by atoms with Crippen molar-refractivity contribution in [1.29, 1.82) is 0 Å². The van der Waals surface area contributed by atoms with Gasteiger partial charge in [0.15, 0.2) is 0 Å². The summed E-state index contributed by atoms with van der Waals surface area (Å²) < 4.78 is 28.8. The second kappa shape index (κ2) is 6.47. The van der Waals surface area contributed by atoms with Crippen molar-refractivity contribution in [2.24, 2.45) is 7.05 Å². The number of carboxylic acid groups (broad SMARTS) is 1. The lowest BCUT2D eigenvalue weighted by Crippen LogP contribution is -2.27. The summed E-state index contributed by atoms with van der Waals surface area (Å²) >= 11 is 0. The molecular weight excluding hydrogens is 320 g/mol. The predicted molar refractivity (Wildman–Crippen MR) is 82.8 cm³/mol. The molecule has 0 bridgehead atoms. The first kappa shape index (κ1) is 17.1. The molecule has 0 saturated heterocycles. The van der Waals surface area contributed by atoms with Crippen LogP contribution in [0.2, 0.25) is 0 Å². The Morgan fingerprint density at radius 3 is 2.61 bits per heavy atom. The van der Waals surface area contributed by atoms with Gasteiger partial charge in [-0.1, -0.05) is 6.07 Å². The maximum absolute atomic E-state index is 12.4. The maximum atomic E-state index is 12.4. The van der Waals surface area contributed by atoms with Crippen molar-refractivity contribution in [2.45, 2.75) is 25.2 Å². The Morgan fingerprint density at radius 1 is 1.35 bits per heavy atom. The van der Waals surface area contributed by atoms with E-state index in [1.165, 1.54) is 10.7 Å². The molecule has 2 heterocycles. The lowest BCUT2D eigenvalue weighted by atomic mass is 10.2. The topological polar surface area (TPSA) is 114 Å². The molecule has 9 heteroatoms. The highest BCUT2D eigenvalue weighted by molar-refractivity contribution is 7.89. The summed E-state index contributed by atoms with van der Waals surface area (Å²) in [6.07, 6.45) is 0.290. The first-order valence-electron chi connectivity index (χ1n) is 6.91. The smallest absolute Gasteiger partial charge is 0.354 e. The third-order valence-electron chi connectivity index (χ3n) is 3.41. The first-order valence-corrected chi connectivity index (χ1v) is 8.40. The molecule has 0 fully saturated rings. The van der Waals surface area contributed by atoms with Crippen LogP contribution in [0.4, 0.5) is 0 Å². The Kier molecular flexibility index (Phi) is 4.81. The molecule has 0 amide bonds. The quantitative estimate of drug-likeness (QED) is 0.799. The van der Waals surface area contributed by atoms with Crippen molar-refractivity contribution in [3.8, 4) is 0 Å². The van der Waals surface area contributed by atoms with Gasteiger partial charge in [0, 0.05) is 25.7 Å². The molecule has 0 aliphatic heterocycles. The number of aromatic carboxylic acids is 1. The summed E-state index contributed by atoms with van der Waals surface area (Å²) in [6, 6.07) is 4.62. The van der Waals surface area contributed by atoms with Crippen LogP contribution >= 0.6 is 0 Å². The van der Waals surface area contributed by atoms with Gasteiger partial charge in [0.1, 0.15) is 10.6 Å². The van der Waals surface area contributed by atoms with E-state index in [4.69, 9.17) is 5.11 Å². The number of hydrogen-bond acceptors (Lipinski definition) is 5. The highest BCUT2D eigenvalue weighted by atomic mass is 32.2. The van der Waals surface area contributed by atoms with Crippen LogP contribution in [0.15, 0.2) is 23.1 Å². The van der Waals surface area contributed by atoms with Gasteiger partial charge in [-0.3, -0.25) is 4.68 Å². The molecule has 124 valence electrons. The SMILES string of the molecule is Cc1nn(C)c(C)c1S(=O)(=O)NCCc1cccc(C(=O)O)n1. The number of pyridine rings is 1. The zero-order chi connectivity index (χ0) is 17.2. The van der Waals surface area contributed by atoms with E-state index in [1.807, 2.05) is 0 Å². The van der Waals surface area contributed by atoms with Crippen LogP contribution in [-0.2, 0) is 23.5 Å². The van der Waals surface area contributed by atoms with Gasteiger partial charge >= 0.3 is 5.97 Å². The molecule has 0 aliphatic carbocycles. The highest BCUT2D eigenvalue weighted by Crippen LogP contribution is 2.18. The van der Waals surface area contributed by atoms with Gasteiger partial charge in [-0.15, -0.1) is 0 Å². The van der Waals surface area contributed by atoms with Crippen molar-refractivity contribution < 1.29 is 18.3 Å². The summed E-state index contributed by atoms with van der Waals surface area (Å²) in [5, 5.41) is 13.0. The number of nitrogens with one attached hydrogen (secondary N) is 1. The summed E-state index contributed by atoms with van der Waals surface area (Å²) in [5.41, 5.74) is 1.43. The van der Waals surface area contributed by atoms with E-state index in [2.05, 4.69) is 14.8 Å². The van der Waals surface area contributed by atoms with Crippen LogP contribution < -0.4 is 4.72 Å². The van der Waals surface area contributed by atoms with Crippen molar-refractivity contribution in [3.63, 3.8) is 0 Å². The number of aryl methyl sites for hydroxylation is 2. The third kappa shape index (κ3) is 3.74. The molecule has 0 aliphatic rings. The Hall–Kier alpha value is -2.26. The average molecular weight is 338 g/mol. The zero-order valence-electron chi connectivity index (χ0n) is 13.1. The Morgan fingerprint density at radius 2 is 2.04 bits per heavy atom. The standard InChI is InChI=1S/C14H18N4O4S/c1-9-13(10(2)18(3)17-9)23(21,22)15-8-7-11-5-4-6-12(16-11)14(19)20/h4-6,15H,7-8H2,1-3H3,(H,19,20). The molecule has 0 spiro atoms. The van der Waals surface area contributed by atoms with Crippen molar-refractivity contribution in [1.82, 2.24) is 19.5 Å². The molecule has 0 atom stereocenters. The number of sulfonamides is 1. The molecule has 0 unspecified atom stereocenters. The largest absolute Gasteiger partial charge is 0.477 e. The third-order valence-corrected chi connectivity index (χ3v) is 5.12. The molecule has 23 heavy (non-hydrogen) atoms. The minimum atomic E-state index is -3.67. The second-order valence-corrected chi connectivity index (χ2v) is 6.79. The van der Waals surface area contributed by atoms with E-state index < -0.39 is 16.0 Å². The maximum Gasteiger partial charge on any atom is 0.354 e. The normalized spacial score (nSPS) is 11.6. The molecule has 0 radical (unpaired) electrons. The molecule has 2 rings (SSSR count). The molecule has 2 N–H and O–H groups in total. The molecule has 8 nitrogen and oxygen atoms in total. The number of carboxylic acids is 1. The molecule has 2 aromatic heterocycles. The lowest BCUT2D eigenvalue weighted by Gasteiger charge is -2.07. The zero-order valence-corrected chi connectivity index (χ0v) is 13.9. The van der Waals surface area contributed by atoms with Crippen molar-refractivity contribution in [2.75, 3.05) is 6.54 Å². The Labute approximate surface area is 134 Å². The predicted octanol–water partition coefficient (Wildman–Crippen LogP) is 0.651. The van der Waals surface area contributed by atoms with Gasteiger partial charge < -0.3 is 5.11 Å². The highest BCUT2D eigenvalue weighted by Gasteiger charge is 2.23. The van der Waals surface area contributed by atoms with Gasteiger partial charge in [-0.25, -0.2) is 22.9 Å². The number of aromatic nitrogens is 3. The van der Waals surface area contributed by atoms with Crippen LogP contribution in [0.25, 0.3) is 0 Å². The molecule has 0 aromatic carbocycles. The van der Waals surface area contributed by atoms with E-state index in [-0.39, 0.29) is 17.1 Å². The van der Waals surface area contributed by atoms with E-state index in [0.29, 0.717) is 23.5 Å². The van der Waals surface area contributed by atoms with Crippen LogP contribution in [0.3, 0.4) is 0 Å². The summed E-state index contributed by atoms with van der Waals surface area (Å²) in [5.74, 6) is -1.12. The van der Waals surface area contributed by atoms with Gasteiger partial charge in [-0.2, -0.15) is 5.10 Å². The average Bonchev–Trinajstić information content (AvgIpc) is 2.72. The fraction of sp³-hybridized carbons (Fsp3) is 0.357. The molecular formula is C14H18N4O4S. The van der Waals surface area contributed by atoms with E-state index >= 15 is 0 Å². The van der Waals surface area contributed by atoms with Gasteiger partial charge in [0.25, 0.3) is 0 Å². The van der Waals surface area contributed by atoms with E-state index in [9.17, 15) is 13.2 Å². The summed E-state index contributed by atoms with van der Waals surface area (Å²) in [6.45, 7) is 3.44. The number of hydrogen-bond donors (Lipinski definition) is 2.